The van der Waals surface area contributed by atoms with E-state index in [-0.39, 0.29) is 5.41 Å². The SMILES string of the molecule is CCCC(CC)(CC)c1c2cccc(-c3ccc(Cl)cc3Cl)c2nn1C. The smallest absolute Gasteiger partial charge is 0.100 e. The van der Waals surface area contributed by atoms with Crippen molar-refractivity contribution < 1.29 is 0 Å². The summed E-state index contributed by atoms with van der Waals surface area (Å²) in [6.45, 7) is 6.84. The van der Waals surface area contributed by atoms with E-state index in [2.05, 4.69) is 50.7 Å². The fourth-order valence-electron chi connectivity index (χ4n) is 4.31. The number of benzene rings is 2. The third-order valence-corrected chi connectivity index (χ3v) is 6.22. The van der Waals surface area contributed by atoms with Crippen molar-refractivity contribution in [1.82, 2.24) is 9.78 Å². The topological polar surface area (TPSA) is 17.8 Å². The van der Waals surface area contributed by atoms with Crippen LogP contribution in [-0.4, -0.2) is 9.78 Å². The van der Waals surface area contributed by atoms with E-state index < -0.39 is 0 Å². The maximum absolute atomic E-state index is 6.49. The molecule has 0 aliphatic heterocycles. The van der Waals surface area contributed by atoms with Crippen molar-refractivity contribution in [3.8, 4) is 11.1 Å². The molecule has 26 heavy (non-hydrogen) atoms. The summed E-state index contributed by atoms with van der Waals surface area (Å²) in [5.74, 6) is 0. The lowest BCUT2D eigenvalue weighted by atomic mass is 9.74. The van der Waals surface area contributed by atoms with Crippen molar-refractivity contribution in [1.29, 1.82) is 0 Å². The number of hydrogen-bond donors (Lipinski definition) is 0. The third kappa shape index (κ3) is 3.14. The Bertz CT molecular complexity index is 923. The Morgan fingerprint density at radius 1 is 1.00 bits per heavy atom. The molecule has 2 aromatic carbocycles. The summed E-state index contributed by atoms with van der Waals surface area (Å²) in [4.78, 5) is 0. The first kappa shape index (κ1) is 19.3. The molecule has 0 aliphatic carbocycles. The molecule has 0 amide bonds. The Hall–Kier alpha value is -1.51. The van der Waals surface area contributed by atoms with Gasteiger partial charge in [-0.15, -0.1) is 0 Å². The van der Waals surface area contributed by atoms with Gasteiger partial charge < -0.3 is 0 Å². The molecule has 0 atom stereocenters. The summed E-state index contributed by atoms with van der Waals surface area (Å²) < 4.78 is 2.08. The van der Waals surface area contributed by atoms with Crippen LogP contribution in [0.4, 0.5) is 0 Å². The molecule has 3 rings (SSSR count). The van der Waals surface area contributed by atoms with Gasteiger partial charge in [0.1, 0.15) is 5.52 Å². The second-order valence-corrected chi connectivity index (χ2v) is 7.88. The zero-order valence-corrected chi connectivity index (χ0v) is 17.5. The third-order valence-electron chi connectivity index (χ3n) is 5.67. The predicted molar refractivity (Wildman–Crippen MR) is 113 cm³/mol. The molecule has 0 N–H and O–H groups in total. The van der Waals surface area contributed by atoms with E-state index in [1.54, 1.807) is 6.07 Å². The second kappa shape index (κ2) is 7.62. The van der Waals surface area contributed by atoms with E-state index in [1.807, 2.05) is 12.1 Å². The zero-order chi connectivity index (χ0) is 18.9. The summed E-state index contributed by atoms with van der Waals surface area (Å²) in [5, 5.41) is 7.45. The molecular weight excluding hydrogens is 363 g/mol. The van der Waals surface area contributed by atoms with Gasteiger partial charge in [0.25, 0.3) is 0 Å². The summed E-state index contributed by atoms with van der Waals surface area (Å²) in [7, 11) is 2.07. The van der Waals surface area contributed by atoms with Gasteiger partial charge in [0.05, 0.1) is 5.69 Å². The quantitative estimate of drug-likeness (QED) is 0.429. The van der Waals surface area contributed by atoms with Crippen LogP contribution >= 0.6 is 23.2 Å². The Balaban J connectivity index is 2.29. The number of rotatable bonds is 6. The second-order valence-electron chi connectivity index (χ2n) is 7.04. The minimum atomic E-state index is 0.153. The van der Waals surface area contributed by atoms with Gasteiger partial charge in [-0.1, -0.05) is 74.7 Å². The van der Waals surface area contributed by atoms with Crippen molar-refractivity contribution in [2.24, 2.45) is 7.05 Å². The first-order valence-corrected chi connectivity index (χ1v) is 10.1. The predicted octanol–water partition coefficient (Wildman–Crippen LogP) is 7.41. The Kier molecular flexibility index (Phi) is 5.64. The highest BCUT2D eigenvalue weighted by Crippen LogP contribution is 2.42. The lowest BCUT2D eigenvalue weighted by Crippen LogP contribution is -2.27. The average molecular weight is 389 g/mol. The van der Waals surface area contributed by atoms with Gasteiger partial charge >= 0.3 is 0 Å². The number of nitrogens with zero attached hydrogens (tertiary/aromatic N) is 2. The molecule has 2 nitrogen and oxygen atoms in total. The molecule has 3 aromatic rings. The van der Waals surface area contributed by atoms with Crippen molar-refractivity contribution in [2.45, 2.75) is 51.9 Å². The van der Waals surface area contributed by atoms with E-state index in [0.717, 1.165) is 35.9 Å². The number of halogens is 2. The number of fused-ring (bicyclic) bond motifs is 1. The van der Waals surface area contributed by atoms with Crippen LogP contribution in [0.15, 0.2) is 36.4 Å². The highest BCUT2D eigenvalue weighted by atomic mass is 35.5. The first-order valence-electron chi connectivity index (χ1n) is 9.39. The zero-order valence-electron chi connectivity index (χ0n) is 15.9. The fourth-order valence-corrected chi connectivity index (χ4v) is 4.82. The highest BCUT2D eigenvalue weighted by molar-refractivity contribution is 6.36. The molecular formula is C22H26Cl2N2. The molecule has 0 unspecified atom stereocenters. The average Bonchev–Trinajstić information content (AvgIpc) is 2.97. The molecule has 0 bridgehead atoms. The molecule has 1 heterocycles. The molecule has 0 spiro atoms. The molecule has 0 saturated carbocycles. The Labute approximate surface area is 166 Å². The lowest BCUT2D eigenvalue weighted by Gasteiger charge is -2.32. The summed E-state index contributed by atoms with van der Waals surface area (Å²) in [6, 6.07) is 12.0. The van der Waals surface area contributed by atoms with Crippen molar-refractivity contribution in [2.75, 3.05) is 0 Å². The molecule has 138 valence electrons. The van der Waals surface area contributed by atoms with Gasteiger partial charge in [-0.3, -0.25) is 4.68 Å². The van der Waals surface area contributed by atoms with Crippen LogP contribution in [0.3, 0.4) is 0 Å². The number of hydrogen-bond acceptors (Lipinski definition) is 1. The van der Waals surface area contributed by atoms with Crippen molar-refractivity contribution in [3.63, 3.8) is 0 Å². The van der Waals surface area contributed by atoms with Gasteiger partial charge in [-0.05, 0) is 31.4 Å². The summed E-state index contributed by atoms with van der Waals surface area (Å²) in [6.07, 6.45) is 4.55. The molecule has 0 fully saturated rings. The monoisotopic (exact) mass is 388 g/mol. The summed E-state index contributed by atoms with van der Waals surface area (Å²) in [5.41, 5.74) is 4.53. The minimum Gasteiger partial charge on any atom is -0.271 e. The maximum atomic E-state index is 6.49. The first-order chi connectivity index (χ1) is 12.5. The fraction of sp³-hybridized carbons (Fsp3) is 0.409. The molecule has 0 radical (unpaired) electrons. The number of aromatic nitrogens is 2. The van der Waals surface area contributed by atoms with Gasteiger partial charge in [0.15, 0.2) is 0 Å². The van der Waals surface area contributed by atoms with Crippen LogP contribution in [0.1, 0.15) is 52.1 Å². The van der Waals surface area contributed by atoms with Crippen LogP contribution in [0.5, 0.6) is 0 Å². The van der Waals surface area contributed by atoms with Crippen molar-refractivity contribution >= 4 is 34.1 Å². The van der Waals surface area contributed by atoms with Gasteiger partial charge in [0, 0.05) is 39.0 Å². The van der Waals surface area contributed by atoms with Crippen LogP contribution < -0.4 is 0 Å². The molecule has 0 saturated heterocycles. The van der Waals surface area contributed by atoms with Crippen LogP contribution in [0.2, 0.25) is 10.0 Å². The standard InChI is InChI=1S/C22H26Cl2N2/c1-5-13-22(6-2,7-3)21-18-10-8-9-17(20(18)25-26(21)4)16-12-11-15(23)14-19(16)24/h8-12,14H,5-7,13H2,1-4H3. The van der Waals surface area contributed by atoms with Gasteiger partial charge in [0.2, 0.25) is 0 Å². The van der Waals surface area contributed by atoms with Crippen LogP contribution in [-0.2, 0) is 12.5 Å². The maximum Gasteiger partial charge on any atom is 0.100 e. The van der Waals surface area contributed by atoms with E-state index in [1.165, 1.54) is 17.5 Å². The van der Waals surface area contributed by atoms with E-state index >= 15 is 0 Å². The highest BCUT2D eigenvalue weighted by Gasteiger charge is 2.33. The largest absolute Gasteiger partial charge is 0.271 e. The minimum absolute atomic E-state index is 0.153. The van der Waals surface area contributed by atoms with E-state index in [0.29, 0.717) is 10.0 Å². The van der Waals surface area contributed by atoms with E-state index in [9.17, 15) is 0 Å². The lowest BCUT2D eigenvalue weighted by molar-refractivity contribution is 0.340. The van der Waals surface area contributed by atoms with Crippen LogP contribution in [0.25, 0.3) is 22.0 Å². The summed E-state index contributed by atoms with van der Waals surface area (Å²) >= 11 is 12.6. The van der Waals surface area contributed by atoms with Gasteiger partial charge in [-0.25, -0.2) is 0 Å². The molecule has 1 aromatic heterocycles. The normalized spacial score (nSPS) is 12.1. The Morgan fingerprint density at radius 3 is 2.35 bits per heavy atom. The molecule has 0 aliphatic rings. The number of aryl methyl sites for hydroxylation is 1. The van der Waals surface area contributed by atoms with E-state index in [4.69, 9.17) is 28.3 Å². The van der Waals surface area contributed by atoms with Crippen LogP contribution in [0, 0.1) is 0 Å². The van der Waals surface area contributed by atoms with Crippen molar-refractivity contribution in [3.05, 3.63) is 52.1 Å². The van der Waals surface area contributed by atoms with Gasteiger partial charge in [-0.2, -0.15) is 5.10 Å². The Morgan fingerprint density at radius 2 is 1.73 bits per heavy atom. The molecule has 4 heteroatoms.